The first-order chi connectivity index (χ1) is 10.6. The minimum atomic E-state index is 0.308. The van der Waals surface area contributed by atoms with E-state index < -0.39 is 0 Å². The molecule has 0 aromatic rings. The average Bonchev–Trinajstić information content (AvgIpc) is 3.16. The Morgan fingerprint density at radius 3 is 1.78 bits per heavy atom. The summed E-state index contributed by atoms with van der Waals surface area (Å²) in [5, 5.41) is 0. The molecular weight excluding hydrogens is 288 g/mol. The standard InChI is InChI=1S/C10H19NO.C9H17NO/c1-7-9-5-8(6-12-9)11(7)10(2,3)4;1-9(2,3)10-5-8-4-7(10)6-11-8/h7-9H,5-6H2,1-4H3;7-8H,4-6H2,1-3H3/t7?,8-,9-;7-,8-/m11/s1. The molecule has 23 heavy (non-hydrogen) atoms. The van der Waals surface area contributed by atoms with Gasteiger partial charge in [0.25, 0.3) is 0 Å². The molecule has 0 radical (unpaired) electrons. The van der Waals surface area contributed by atoms with Crippen LogP contribution >= 0.6 is 0 Å². The van der Waals surface area contributed by atoms with Gasteiger partial charge in [-0.3, -0.25) is 9.80 Å². The summed E-state index contributed by atoms with van der Waals surface area (Å²) in [5.41, 5.74) is 0.645. The Morgan fingerprint density at radius 1 is 0.826 bits per heavy atom. The highest BCUT2D eigenvalue weighted by Crippen LogP contribution is 2.38. The molecule has 4 bridgehead atoms. The van der Waals surface area contributed by atoms with Crippen molar-refractivity contribution in [2.75, 3.05) is 19.8 Å². The normalized spacial score (nSPS) is 40.6. The average molecular weight is 325 g/mol. The maximum absolute atomic E-state index is 5.65. The summed E-state index contributed by atoms with van der Waals surface area (Å²) in [6, 6.07) is 2.01. The molecule has 1 unspecified atom stereocenters. The Labute approximate surface area is 142 Å². The van der Waals surface area contributed by atoms with E-state index in [1.54, 1.807) is 0 Å². The topological polar surface area (TPSA) is 24.9 Å². The van der Waals surface area contributed by atoms with Crippen LogP contribution in [-0.2, 0) is 9.47 Å². The third kappa shape index (κ3) is 3.46. The molecule has 0 saturated carbocycles. The lowest BCUT2D eigenvalue weighted by molar-refractivity contribution is -0.0465. The zero-order chi connectivity index (χ0) is 17.0. The Bertz CT molecular complexity index is 424. The van der Waals surface area contributed by atoms with E-state index >= 15 is 0 Å². The van der Waals surface area contributed by atoms with Crippen molar-refractivity contribution in [1.82, 2.24) is 9.80 Å². The van der Waals surface area contributed by atoms with Crippen molar-refractivity contribution in [2.45, 2.75) is 103 Å². The number of fused-ring (bicyclic) bond motifs is 4. The van der Waals surface area contributed by atoms with Crippen molar-refractivity contribution >= 4 is 0 Å². The Morgan fingerprint density at radius 2 is 1.48 bits per heavy atom. The fourth-order valence-corrected chi connectivity index (χ4v) is 5.06. The molecule has 5 atom stereocenters. The molecule has 4 fully saturated rings. The highest BCUT2D eigenvalue weighted by atomic mass is 16.5. The van der Waals surface area contributed by atoms with Crippen LogP contribution in [0.15, 0.2) is 0 Å². The van der Waals surface area contributed by atoms with E-state index in [2.05, 4.69) is 58.3 Å². The van der Waals surface area contributed by atoms with Gasteiger partial charge in [0.05, 0.1) is 25.4 Å². The monoisotopic (exact) mass is 324 g/mol. The number of morpholine rings is 2. The summed E-state index contributed by atoms with van der Waals surface area (Å²) in [4.78, 5) is 5.18. The summed E-state index contributed by atoms with van der Waals surface area (Å²) < 4.78 is 11.2. The molecule has 0 spiro atoms. The second kappa shape index (κ2) is 5.98. The summed E-state index contributed by atoms with van der Waals surface area (Å²) in [6.45, 7) is 19.1. The molecular formula is C19H36N2O2. The van der Waals surface area contributed by atoms with Crippen molar-refractivity contribution in [2.24, 2.45) is 0 Å². The molecule has 4 heterocycles. The first kappa shape index (κ1) is 17.7. The fourth-order valence-electron chi connectivity index (χ4n) is 5.06. The van der Waals surface area contributed by atoms with E-state index in [0.717, 1.165) is 19.8 Å². The van der Waals surface area contributed by atoms with Gasteiger partial charge >= 0.3 is 0 Å². The van der Waals surface area contributed by atoms with Crippen LogP contribution in [0.5, 0.6) is 0 Å². The van der Waals surface area contributed by atoms with Crippen LogP contribution in [0.3, 0.4) is 0 Å². The lowest BCUT2D eigenvalue weighted by Crippen LogP contribution is -2.53. The van der Waals surface area contributed by atoms with Crippen molar-refractivity contribution in [3.05, 3.63) is 0 Å². The highest BCUT2D eigenvalue weighted by molar-refractivity contribution is 5.02. The largest absolute Gasteiger partial charge is 0.375 e. The van der Waals surface area contributed by atoms with Crippen LogP contribution in [0, 0.1) is 0 Å². The maximum atomic E-state index is 5.65. The molecule has 4 heteroatoms. The van der Waals surface area contributed by atoms with Crippen molar-refractivity contribution in [3.63, 3.8) is 0 Å². The van der Waals surface area contributed by atoms with Crippen LogP contribution in [0.4, 0.5) is 0 Å². The smallest absolute Gasteiger partial charge is 0.0744 e. The highest BCUT2D eigenvalue weighted by Gasteiger charge is 2.48. The summed E-state index contributed by atoms with van der Waals surface area (Å²) in [6.07, 6.45) is 3.56. The Balaban J connectivity index is 0.000000136. The van der Waals surface area contributed by atoms with Gasteiger partial charge in [-0.25, -0.2) is 0 Å². The van der Waals surface area contributed by atoms with E-state index in [-0.39, 0.29) is 0 Å². The quantitative estimate of drug-likeness (QED) is 0.684. The lowest BCUT2D eigenvalue weighted by Gasteiger charge is -2.42. The van der Waals surface area contributed by atoms with Crippen LogP contribution < -0.4 is 0 Å². The SMILES string of the molecule is CC(C)(C)N1C[C@H]2C[C@@H]1CO2.CC1[C@H]2C[C@H](CO2)N1C(C)(C)C. The number of nitrogens with zero attached hydrogens (tertiary/aromatic N) is 2. The fraction of sp³-hybridized carbons (Fsp3) is 1.00. The van der Waals surface area contributed by atoms with Crippen molar-refractivity contribution in [3.8, 4) is 0 Å². The van der Waals surface area contributed by atoms with Crippen molar-refractivity contribution in [1.29, 1.82) is 0 Å². The number of rotatable bonds is 0. The minimum Gasteiger partial charge on any atom is -0.375 e. The third-order valence-corrected chi connectivity index (χ3v) is 5.91. The molecule has 0 aromatic heterocycles. The van der Waals surface area contributed by atoms with Crippen molar-refractivity contribution < 1.29 is 9.47 Å². The van der Waals surface area contributed by atoms with Gasteiger partial charge in [-0.1, -0.05) is 0 Å². The van der Waals surface area contributed by atoms with E-state index in [1.807, 2.05) is 0 Å². The van der Waals surface area contributed by atoms with E-state index in [9.17, 15) is 0 Å². The van der Waals surface area contributed by atoms with Gasteiger partial charge < -0.3 is 9.47 Å². The number of hydrogen-bond donors (Lipinski definition) is 0. The van der Waals surface area contributed by atoms with E-state index in [4.69, 9.17) is 9.47 Å². The summed E-state index contributed by atoms with van der Waals surface area (Å²) in [5.74, 6) is 0. The number of likely N-dealkylation sites (tertiary alicyclic amines) is 2. The van der Waals surface area contributed by atoms with Crippen LogP contribution in [0.1, 0.15) is 61.3 Å². The lowest BCUT2D eigenvalue weighted by atomic mass is 10.0. The van der Waals surface area contributed by atoms with E-state index in [0.29, 0.717) is 41.4 Å². The van der Waals surface area contributed by atoms with Gasteiger partial charge in [-0.2, -0.15) is 0 Å². The maximum Gasteiger partial charge on any atom is 0.0744 e. The first-order valence-corrected chi connectivity index (χ1v) is 9.36. The molecule has 0 N–H and O–H groups in total. The molecule has 4 nitrogen and oxygen atoms in total. The molecule has 0 amide bonds. The number of hydrogen-bond acceptors (Lipinski definition) is 4. The van der Waals surface area contributed by atoms with Crippen LogP contribution in [-0.4, -0.2) is 71.0 Å². The molecule has 4 saturated heterocycles. The summed E-state index contributed by atoms with van der Waals surface area (Å²) >= 11 is 0. The Hall–Kier alpha value is -0.160. The van der Waals surface area contributed by atoms with Gasteiger partial charge in [0, 0.05) is 35.7 Å². The minimum absolute atomic E-state index is 0.308. The summed E-state index contributed by atoms with van der Waals surface area (Å²) in [7, 11) is 0. The van der Waals surface area contributed by atoms with Crippen LogP contribution in [0.2, 0.25) is 0 Å². The molecule has 4 rings (SSSR count). The third-order valence-electron chi connectivity index (χ3n) is 5.91. The van der Waals surface area contributed by atoms with Gasteiger partial charge in [-0.15, -0.1) is 0 Å². The zero-order valence-electron chi connectivity index (χ0n) is 16.1. The second-order valence-corrected chi connectivity index (χ2v) is 9.75. The molecule has 4 aliphatic heterocycles. The Kier molecular flexibility index (Phi) is 4.59. The molecule has 0 aromatic carbocycles. The van der Waals surface area contributed by atoms with Gasteiger partial charge in [0.15, 0.2) is 0 Å². The van der Waals surface area contributed by atoms with E-state index in [1.165, 1.54) is 12.8 Å². The molecule has 4 aliphatic rings. The zero-order valence-corrected chi connectivity index (χ0v) is 16.1. The predicted molar refractivity (Wildman–Crippen MR) is 93.8 cm³/mol. The predicted octanol–water partition coefficient (Wildman–Crippen LogP) is 2.90. The van der Waals surface area contributed by atoms with Gasteiger partial charge in [-0.05, 0) is 61.3 Å². The first-order valence-electron chi connectivity index (χ1n) is 9.36. The number of ether oxygens (including phenoxy) is 2. The molecule has 0 aliphatic carbocycles. The van der Waals surface area contributed by atoms with Gasteiger partial charge in [0.1, 0.15) is 0 Å². The molecule has 134 valence electrons. The second-order valence-electron chi connectivity index (χ2n) is 9.75. The van der Waals surface area contributed by atoms with Crippen LogP contribution in [0.25, 0.3) is 0 Å². The van der Waals surface area contributed by atoms with Gasteiger partial charge in [0.2, 0.25) is 0 Å².